The molecule has 0 saturated carbocycles. The molecule has 0 bridgehead atoms. The van der Waals surface area contributed by atoms with E-state index >= 15 is 0 Å². The number of aliphatic hydroxyl groups excluding tert-OH is 1. The highest BCUT2D eigenvalue weighted by atomic mass is 16.5. The third-order valence-electron chi connectivity index (χ3n) is 3.07. The Morgan fingerprint density at radius 1 is 1.47 bits per heavy atom. The Morgan fingerprint density at radius 3 is 3.12 bits per heavy atom. The molecule has 0 aliphatic carbocycles. The number of nitrogens with zero attached hydrogens (tertiary/aromatic N) is 3. The Hall–Kier alpha value is -0.980. The molecule has 0 radical (unpaired) electrons. The lowest BCUT2D eigenvalue weighted by Crippen LogP contribution is -2.36. The number of hydrogen-bond acceptors (Lipinski definition) is 5. The van der Waals surface area contributed by atoms with E-state index in [0.717, 1.165) is 24.6 Å². The van der Waals surface area contributed by atoms with E-state index in [2.05, 4.69) is 20.1 Å². The van der Waals surface area contributed by atoms with Crippen molar-refractivity contribution in [2.24, 2.45) is 0 Å². The van der Waals surface area contributed by atoms with E-state index in [4.69, 9.17) is 9.84 Å². The zero-order chi connectivity index (χ0) is 12.1. The zero-order valence-corrected chi connectivity index (χ0v) is 10.2. The molecule has 2 N–H and O–H groups in total. The number of nitrogens with one attached hydrogen (secondary N) is 1. The van der Waals surface area contributed by atoms with Gasteiger partial charge in [0.25, 0.3) is 0 Å². The average Bonchev–Trinajstić information content (AvgIpc) is 2.78. The summed E-state index contributed by atoms with van der Waals surface area (Å²) in [6.07, 6.45) is 3.42. The van der Waals surface area contributed by atoms with E-state index in [-0.39, 0.29) is 12.6 Å². The van der Waals surface area contributed by atoms with Crippen LogP contribution in [0.2, 0.25) is 0 Å². The van der Waals surface area contributed by atoms with Gasteiger partial charge in [-0.2, -0.15) is 0 Å². The average molecular weight is 240 g/mol. The van der Waals surface area contributed by atoms with Gasteiger partial charge < -0.3 is 19.7 Å². The number of methoxy groups -OCH3 is 1. The fourth-order valence-corrected chi connectivity index (χ4v) is 2.11. The topological polar surface area (TPSA) is 72.2 Å². The van der Waals surface area contributed by atoms with Crippen LogP contribution in [0.3, 0.4) is 0 Å². The van der Waals surface area contributed by atoms with Crippen molar-refractivity contribution < 1.29 is 9.84 Å². The summed E-state index contributed by atoms with van der Waals surface area (Å²) in [4.78, 5) is 0. The fraction of sp³-hybridized carbons (Fsp3) is 0.818. The van der Waals surface area contributed by atoms with Crippen LogP contribution in [0.4, 0.5) is 0 Å². The maximum absolute atomic E-state index is 9.14. The maximum atomic E-state index is 9.14. The van der Waals surface area contributed by atoms with Crippen molar-refractivity contribution in [3.63, 3.8) is 0 Å². The number of aryl methyl sites for hydroxylation is 1. The first-order chi connectivity index (χ1) is 8.35. The van der Waals surface area contributed by atoms with E-state index in [1.54, 1.807) is 7.11 Å². The highest BCUT2D eigenvalue weighted by molar-refractivity contribution is 4.98. The number of aliphatic hydroxyl groups is 1. The number of ether oxygens (including phenoxy) is 1. The van der Waals surface area contributed by atoms with Crippen LogP contribution < -0.4 is 5.32 Å². The monoisotopic (exact) mass is 240 g/mol. The quantitative estimate of drug-likeness (QED) is 0.715. The van der Waals surface area contributed by atoms with Crippen molar-refractivity contribution in [1.29, 1.82) is 0 Å². The molecule has 1 unspecified atom stereocenters. The Balaban J connectivity index is 1.92. The molecule has 0 saturated heterocycles. The molecule has 6 nitrogen and oxygen atoms in total. The maximum Gasteiger partial charge on any atom is 0.147 e. The summed E-state index contributed by atoms with van der Waals surface area (Å²) in [7, 11) is 1.63. The molecule has 2 heterocycles. The molecule has 0 amide bonds. The lowest BCUT2D eigenvalue weighted by atomic mass is 10.2. The standard InChI is InChI=1S/C11H20N4O2/c1-17-8-9(7-16)12-6-11-14-13-10-4-2-3-5-15(10)11/h9,12,16H,2-8H2,1H3. The van der Waals surface area contributed by atoms with Crippen molar-refractivity contribution in [1.82, 2.24) is 20.1 Å². The number of rotatable bonds is 6. The van der Waals surface area contributed by atoms with Crippen LogP contribution >= 0.6 is 0 Å². The molecule has 0 spiro atoms. The summed E-state index contributed by atoms with van der Waals surface area (Å²) in [5, 5.41) is 20.7. The van der Waals surface area contributed by atoms with Gasteiger partial charge in [-0.1, -0.05) is 0 Å². The normalized spacial score (nSPS) is 16.8. The molecule has 0 fully saturated rings. The molecule has 1 aromatic heterocycles. The van der Waals surface area contributed by atoms with Crippen molar-refractivity contribution in [3.05, 3.63) is 11.6 Å². The third kappa shape index (κ3) is 3.02. The molecule has 96 valence electrons. The van der Waals surface area contributed by atoms with Crippen molar-refractivity contribution in [2.45, 2.75) is 38.4 Å². The van der Waals surface area contributed by atoms with Gasteiger partial charge in [0.05, 0.1) is 25.8 Å². The molecule has 17 heavy (non-hydrogen) atoms. The number of fused-ring (bicyclic) bond motifs is 1. The predicted molar refractivity (Wildman–Crippen MR) is 62.5 cm³/mol. The second kappa shape index (κ2) is 6.09. The van der Waals surface area contributed by atoms with Gasteiger partial charge in [0.2, 0.25) is 0 Å². The second-order valence-corrected chi connectivity index (χ2v) is 4.36. The van der Waals surface area contributed by atoms with Gasteiger partial charge in [0.15, 0.2) is 0 Å². The molecule has 1 atom stereocenters. The lowest BCUT2D eigenvalue weighted by Gasteiger charge is -2.17. The minimum Gasteiger partial charge on any atom is -0.395 e. The van der Waals surface area contributed by atoms with Crippen molar-refractivity contribution in [2.75, 3.05) is 20.3 Å². The Bertz CT molecular complexity index is 353. The van der Waals surface area contributed by atoms with Gasteiger partial charge >= 0.3 is 0 Å². The minimum atomic E-state index is -0.0449. The molecule has 2 rings (SSSR count). The molecule has 1 aliphatic rings. The van der Waals surface area contributed by atoms with Crippen LogP contribution in [-0.2, 0) is 24.2 Å². The summed E-state index contributed by atoms with van der Waals surface area (Å²) in [5.41, 5.74) is 0. The van der Waals surface area contributed by atoms with Gasteiger partial charge in [-0.15, -0.1) is 10.2 Å². The van der Waals surface area contributed by atoms with Gasteiger partial charge in [-0.3, -0.25) is 0 Å². The van der Waals surface area contributed by atoms with Crippen molar-refractivity contribution >= 4 is 0 Å². The van der Waals surface area contributed by atoms with E-state index in [1.165, 1.54) is 12.8 Å². The zero-order valence-electron chi connectivity index (χ0n) is 10.2. The Morgan fingerprint density at radius 2 is 2.35 bits per heavy atom. The number of hydrogen-bond donors (Lipinski definition) is 2. The van der Waals surface area contributed by atoms with Crippen LogP contribution in [0, 0.1) is 0 Å². The van der Waals surface area contributed by atoms with E-state index in [1.807, 2.05) is 0 Å². The highest BCUT2D eigenvalue weighted by Crippen LogP contribution is 2.13. The molecular formula is C11H20N4O2. The highest BCUT2D eigenvalue weighted by Gasteiger charge is 2.16. The van der Waals surface area contributed by atoms with Gasteiger partial charge in [-0.25, -0.2) is 0 Å². The van der Waals surface area contributed by atoms with E-state index in [0.29, 0.717) is 13.2 Å². The summed E-state index contributed by atoms with van der Waals surface area (Å²) in [6.45, 7) is 2.20. The lowest BCUT2D eigenvalue weighted by molar-refractivity contribution is 0.127. The third-order valence-corrected chi connectivity index (χ3v) is 3.07. The molecule has 0 aromatic carbocycles. The predicted octanol–water partition coefficient (Wildman–Crippen LogP) is -0.289. The van der Waals surface area contributed by atoms with Gasteiger partial charge in [0.1, 0.15) is 11.6 Å². The van der Waals surface area contributed by atoms with Crippen molar-refractivity contribution in [3.8, 4) is 0 Å². The summed E-state index contributed by atoms with van der Waals surface area (Å²) >= 11 is 0. The molecular weight excluding hydrogens is 220 g/mol. The largest absolute Gasteiger partial charge is 0.395 e. The smallest absolute Gasteiger partial charge is 0.147 e. The molecule has 6 heteroatoms. The van der Waals surface area contributed by atoms with E-state index < -0.39 is 0 Å². The Kier molecular flexibility index (Phi) is 4.47. The van der Waals surface area contributed by atoms with Crippen LogP contribution in [-0.4, -0.2) is 46.2 Å². The molecule has 1 aliphatic heterocycles. The van der Waals surface area contributed by atoms with E-state index in [9.17, 15) is 0 Å². The molecule has 1 aromatic rings. The summed E-state index contributed by atoms with van der Waals surface area (Å²) < 4.78 is 7.19. The second-order valence-electron chi connectivity index (χ2n) is 4.36. The van der Waals surface area contributed by atoms with Gasteiger partial charge in [0, 0.05) is 20.1 Å². The number of aromatic nitrogens is 3. The minimum absolute atomic E-state index is 0.0449. The first-order valence-electron chi connectivity index (χ1n) is 6.09. The van der Waals surface area contributed by atoms with Crippen LogP contribution in [0.1, 0.15) is 24.5 Å². The van der Waals surface area contributed by atoms with Gasteiger partial charge in [-0.05, 0) is 12.8 Å². The SMILES string of the molecule is COCC(CO)NCc1nnc2n1CCCC2. The van der Waals surface area contributed by atoms with Crippen LogP contribution in [0.5, 0.6) is 0 Å². The summed E-state index contributed by atoms with van der Waals surface area (Å²) in [5.74, 6) is 2.04. The first-order valence-corrected chi connectivity index (χ1v) is 6.09. The fourth-order valence-electron chi connectivity index (χ4n) is 2.11. The Labute approximate surface area is 101 Å². The van der Waals surface area contributed by atoms with Crippen LogP contribution in [0.25, 0.3) is 0 Å². The summed E-state index contributed by atoms with van der Waals surface area (Å²) in [6, 6.07) is -0.0449. The van der Waals surface area contributed by atoms with Crippen LogP contribution in [0.15, 0.2) is 0 Å². The first kappa shape index (κ1) is 12.5.